The van der Waals surface area contributed by atoms with Crippen LogP contribution >= 0.6 is 0 Å². The lowest BCUT2D eigenvalue weighted by atomic mass is 10.1. The van der Waals surface area contributed by atoms with Crippen LogP contribution in [0.4, 0.5) is 0 Å². The molecule has 0 unspecified atom stereocenters. The molecule has 1 aromatic rings. The number of likely N-dealkylation sites (N-methyl/N-ethyl adjacent to an activating group) is 1. The van der Waals surface area contributed by atoms with Crippen LogP contribution < -0.4 is 15.8 Å². The maximum atomic E-state index is 11.1. The van der Waals surface area contributed by atoms with Gasteiger partial charge in [0.15, 0.2) is 6.61 Å². The molecule has 0 radical (unpaired) electrons. The number of carbonyl (C=O) groups is 1. The molecule has 88 valence electrons. The van der Waals surface area contributed by atoms with E-state index in [4.69, 9.17) is 10.5 Å². The molecule has 0 aliphatic carbocycles. The first-order chi connectivity index (χ1) is 7.63. The van der Waals surface area contributed by atoms with Crippen molar-refractivity contribution in [3.05, 3.63) is 29.8 Å². The Morgan fingerprint density at radius 2 is 2.06 bits per heavy atom. The standard InChI is InChI=1S/C12H18N2O2/c1-3-14-12(15)8-16-11-6-4-10(5-7-11)9(2)13/h4-7,9H,3,8,13H2,1-2H3,(H,14,15)/t9-/m0/s1. The van der Waals surface area contributed by atoms with Crippen LogP contribution in [0.3, 0.4) is 0 Å². The summed E-state index contributed by atoms with van der Waals surface area (Å²) in [7, 11) is 0. The fourth-order valence-corrected chi connectivity index (χ4v) is 1.26. The van der Waals surface area contributed by atoms with Gasteiger partial charge in [-0.25, -0.2) is 0 Å². The summed E-state index contributed by atoms with van der Waals surface area (Å²) in [6, 6.07) is 7.45. The van der Waals surface area contributed by atoms with Gasteiger partial charge in [-0.3, -0.25) is 4.79 Å². The van der Waals surface area contributed by atoms with E-state index < -0.39 is 0 Å². The quantitative estimate of drug-likeness (QED) is 0.787. The van der Waals surface area contributed by atoms with Crippen molar-refractivity contribution in [2.24, 2.45) is 5.73 Å². The van der Waals surface area contributed by atoms with Gasteiger partial charge in [-0.1, -0.05) is 12.1 Å². The molecule has 0 aromatic heterocycles. The third kappa shape index (κ3) is 3.90. The topological polar surface area (TPSA) is 64.3 Å². The molecular formula is C12H18N2O2. The van der Waals surface area contributed by atoms with Gasteiger partial charge in [0.05, 0.1) is 0 Å². The van der Waals surface area contributed by atoms with Gasteiger partial charge in [0, 0.05) is 12.6 Å². The van der Waals surface area contributed by atoms with Crippen LogP contribution in [-0.2, 0) is 4.79 Å². The molecule has 0 aliphatic rings. The average Bonchev–Trinajstić information content (AvgIpc) is 2.27. The highest BCUT2D eigenvalue weighted by atomic mass is 16.5. The molecule has 0 saturated heterocycles. The largest absolute Gasteiger partial charge is 0.484 e. The molecule has 1 aromatic carbocycles. The number of amides is 1. The number of hydrogen-bond acceptors (Lipinski definition) is 3. The fraction of sp³-hybridized carbons (Fsp3) is 0.417. The van der Waals surface area contributed by atoms with Crippen LogP contribution in [0.1, 0.15) is 25.5 Å². The molecule has 16 heavy (non-hydrogen) atoms. The Labute approximate surface area is 95.8 Å². The lowest BCUT2D eigenvalue weighted by Crippen LogP contribution is -2.28. The van der Waals surface area contributed by atoms with Crippen LogP contribution in [-0.4, -0.2) is 19.1 Å². The van der Waals surface area contributed by atoms with Gasteiger partial charge in [0.2, 0.25) is 0 Å². The van der Waals surface area contributed by atoms with E-state index in [-0.39, 0.29) is 18.6 Å². The summed E-state index contributed by atoms with van der Waals surface area (Å²) < 4.78 is 5.30. The first-order valence-electron chi connectivity index (χ1n) is 5.38. The molecule has 4 nitrogen and oxygen atoms in total. The molecule has 0 bridgehead atoms. The zero-order valence-corrected chi connectivity index (χ0v) is 9.69. The van der Waals surface area contributed by atoms with Crippen molar-refractivity contribution in [1.29, 1.82) is 0 Å². The minimum atomic E-state index is -0.112. The second kappa shape index (κ2) is 6.12. The van der Waals surface area contributed by atoms with Gasteiger partial charge in [0.25, 0.3) is 5.91 Å². The summed E-state index contributed by atoms with van der Waals surface area (Å²) in [5.74, 6) is 0.564. The number of ether oxygens (including phenoxy) is 1. The summed E-state index contributed by atoms with van der Waals surface area (Å²) in [5, 5.41) is 2.66. The zero-order valence-electron chi connectivity index (χ0n) is 9.69. The van der Waals surface area contributed by atoms with E-state index in [1.165, 1.54) is 0 Å². The minimum absolute atomic E-state index is 0.0115. The monoisotopic (exact) mass is 222 g/mol. The van der Waals surface area contributed by atoms with Crippen molar-refractivity contribution in [3.63, 3.8) is 0 Å². The number of carbonyl (C=O) groups excluding carboxylic acids is 1. The first-order valence-corrected chi connectivity index (χ1v) is 5.38. The number of nitrogens with one attached hydrogen (secondary N) is 1. The molecular weight excluding hydrogens is 204 g/mol. The van der Waals surface area contributed by atoms with Crippen molar-refractivity contribution in [2.75, 3.05) is 13.2 Å². The van der Waals surface area contributed by atoms with E-state index >= 15 is 0 Å². The Morgan fingerprint density at radius 3 is 2.56 bits per heavy atom. The molecule has 4 heteroatoms. The summed E-state index contributed by atoms with van der Waals surface area (Å²) >= 11 is 0. The highest BCUT2D eigenvalue weighted by Gasteiger charge is 2.02. The van der Waals surface area contributed by atoms with Gasteiger partial charge in [-0.2, -0.15) is 0 Å². The Bertz CT molecular complexity index is 333. The lowest BCUT2D eigenvalue weighted by Gasteiger charge is -2.08. The highest BCUT2D eigenvalue weighted by molar-refractivity contribution is 5.77. The number of rotatable bonds is 5. The van der Waals surface area contributed by atoms with E-state index in [1.807, 2.05) is 38.1 Å². The number of nitrogens with two attached hydrogens (primary N) is 1. The van der Waals surface area contributed by atoms with Crippen LogP contribution in [0.25, 0.3) is 0 Å². The van der Waals surface area contributed by atoms with Crippen molar-refractivity contribution >= 4 is 5.91 Å². The number of hydrogen-bond donors (Lipinski definition) is 2. The lowest BCUT2D eigenvalue weighted by molar-refractivity contribution is -0.122. The van der Waals surface area contributed by atoms with Crippen molar-refractivity contribution in [1.82, 2.24) is 5.32 Å². The molecule has 0 saturated carbocycles. The molecule has 3 N–H and O–H groups in total. The van der Waals surface area contributed by atoms with E-state index in [0.29, 0.717) is 12.3 Å². The molecule has 1 rings (SSSR count). The third-order valence-corrected chi connectivity index (χ3v) is 2.15. The van der Waals surface area contributed by atoms with Crippen LogP contribution in [0.15, 0.2) is 24.3 Å². The predicted molar refractivity (Wildman–Crippen MR) is 63.2 cm³/mol. The average molecular weight is 222 g/mol. The van der Waals surface area contributed by atoms with Gasteiger partial charge in [-0.05, 0) is 31.5 Å². The van der Waals surface area contributed by atoms with E-state index in [0.717, 1.165) is 5.56 Å². The van der Waals surface area contributed by atoms with Crippen LogP contribution in [0.2, 0.25) is 0 Å². The zero-order chi connectivity index (χ0) is 12.0. The SMILES string of the molecule is CCNC(=O)COc1ccc([C@H](C)N)cc1. The van der Waals surface area contributed by atoms with E-state index in [1.54, 1.807) is 0 Å². The van der Waals surface area contributed by atoms with Crippen LogP contribution in [0, 0.1) is 0 Å². The maximum absolute atomic E-state index is 11.1. The summed E-state index contributed by atoms with van der Waals surface area (Å²) in [6.45, 7) is 4.46. The molecule has 1 amide bonds. The van der Waals surface area contributed by atoms with Gasteiger partial charge >= 0.3 is 0 Å². The fourth-order valence-electron chi connectivity index (χ4n) is 1.26. The maximum Gasteiger partial charge on any atom is 0.257 e. The van der Waals surface area contributed by atoms with Gasteiger partial charge < -0.3 is 15.8 Å². The molecule has 1 atom stereocenters. The molecule has 0 heterocycles. The van der Waals surface area contributed by atoms with Gasteiger partial charge in [0.1, 0.15) is 5.75 Å². The molecule has 0 aliphatic heterocycles. The van der Waals surface area contributed by atoms with Crippen molar-refractivity contribution in [2.45, 2.75) is 19.9 Å². The Balaban J connectivity index is 2.46. The van der Waals surface area contributed by atoms with E-state index in [9.17, 15) is 4.79 Å². The van der Waals surface area contributed by atoms with Crippen molar-refractivity contribution < 1.29 is 9.53 Å². The predicted octanol–water partition coefficient (Wildman–Crippen LogP) is 1.22. The second-order valence-corrected chi connectivity index (χ2v) is 3.60. The van der Waals surface area contributed by atoms with Crippen molar-refractivity contribution in [3.8, 4) is 5.75 Å². The number of benzene rings is 1. The second-order valence-electron chi connectivity index (χ2n) is 3.60. The first kappa shape index (κ1) is 12.5. The normalized spacial score (nSPS) is 11.9. The third-order valence-electron chi connectivity index (χ3n) is 2.15. The summed E-state index contributed by atoms with van der Waals surface area (Å²) in [5.41, 5.74) is 6.77. The minimum Gasteiger partial charge on any atom is -0.484 e. The Morgan fingerprint density at radius 1 is 1.44 bits per heavy atom. The highest BCUT2D eigenvalue weighted by Crippen LogP contribution is 2.15. The Kier molecular flexibility index (Phi) is 4.79. The summed E-state index contributed by atoms with van der Waals surface area (Å²) in [4.78, 5) is 11.1. The smallest absolute Gasteiger partial charge is 0.257 e. The summed E-state index contributed by atoms with van der Waals surface area (Å²) in [6.07, 6.45) is 0. The van der Waals surface area contributed by atoms with Gasteiger partial charge in [-0.15, -0.1) is 0 Å². The molecule has 0 fully saturated rings. The Hall–Kier alpha value is -1.55. The van der Waals surface area contributed by atoms with Crippen LogP contribution in [0.5, 0.6) is 5.75 Å². The molecule has 0 spiro atoms. The van der Waals surface area contributed by atoms with E-state index in [2.05, 4.69) is 5.32 Å².